The fourth-order valence-corrected chi connectivity index (χ4v) is 1.87. The minimum atomic E-state index is -0.318. The Hall–Kier alpha value is -1.16. The van der Waals surface area contributed by atoms with E-state index in [1.165, 1.54) is 7.11 Å². The maximum absolute atomic E-state index is 11.2. The van der Waals surface area contributed by atoms with Gasteiger partial charge in [-0.15, -0.1) is 0 Å². The van der Waals surface area contributed by atoms with E-state index in [9.17, 15) is 9.59 Å². The van der Waals surface area contributed by atoms with Crippen LogP contribution >= 0.6 is 15.9 Å². The van der Waals surface area contributed by atoms with Crippen molar-refractivity contribution >= 4 is 28.2 Å². The van der Waals surface area contributed by atoms with Crippen LogP contribution in [-0.4, -0.2) is 19.4 Å². The van der Waals surface area contributed by atoms with Crippen LogP contribution in [0.4, 0.5) is 0 Å². The standard InChI is InChI=1S/C11H11BrO3/c1-7-8(6-13)3-4-10(12)9(7)5-11(14)15-2/h3-4,6H,5H2,1-2H3. The first-order valence-corrected chi connectivity index (χ1v) is 5.19. The van der Waals surface area contributed by atoms with Gasteiger partial charge >= 0.3 is 5.97 Å². The van der Waals surface area contributed by atoms with Gasteiger partial charge in [0.05, 0.1) is 13.5 Å². The lowest BCUT2D eigenvalue weighted by molar-refractivity contribution is -0.139. The number of methoxy groups -OCH3 is 1. The van der Waals surface area contributed by atoms with Gasteiger partial charge in [0.2, 0.25) is 0 Å². The molecule has 80 valence electrons. The van der Waals surface area contributed by atoms with Crippen LogP contribution in [0.15, 0.2) is 16.6 Å². The number of carbonyl (C=O) groups is 2. The number of carbonyl (C=O) groups excluding carboxylic acids is 2. The number of hydrogen-bond donors (Lipinski definition) is 0. The van der Waals surface area contributed by atoms with Crippen LogP contribution in [0.5, 0.6) is 0 Å². The average molecular weight is 271 g/mol. The Labute approximate surface area is 96.6 Å². The van der Waals surface area contributed by atoms with E-state index in [0.29, 0.717) is 5.56 Å². The maximum atomic E-state index is 11.2. The van der Waals surface area contributed by atoms with Crippen LogP contribution in [-0.2, 0) is 16.0 Å². The van der Waals surface area contributed by atoms with Crippen molar-refractivity contribution < 1.29 is 14.3 Å². The number of benzene rings is 1. The fraction of sp³-hybridized carbons (Fsp3) is 0.273. The first-order valence-electron chi connectivity index (χ1n) is 4.40. The van der Waals surface area contributed by atoms with E-state index in [4.69, 9.17) is 0 Å². The van der Waals surface area contributed by atoms with Gasteiger partial charge in [-0.1, -0.05) is 22.0 Å². The summed E-state index contributed by atoms with van der Waals surface area (Å²) in [6.07, 6.45) is 0.952. The molecule has 0 saturated carbocycles. The Bertz CT molecular complexity index is 399. The molecule has 0 aromatic heterocycles. The number of halogens is 1. The molecule has 0 aliphatic rings. The van der Waals surface area contributed by atoms with Gasteiger partial charge in [0.15, 0.2) is 0 Å². The molecule has 0 bridgehead atoms. The molecule has 0 saturated heterocycles. The zero-order valence-corrected chi connectivity index (χ0v) is 10.1. The second-order valence-corrected chi connectivity index (χ2v) is 3.97. The highest BCUT2D eigenvalue weighted by molar-refractivity contribution is 9.10. The largest absolute Gasteiger partial charge is 0.469 e. The van der Waals surface area contributed by atoms with Gasteiger partial charge in [0.1, 0.15) is 6.29 Å². The molecule has 1 aromatic rings. The summed E-state index contributed by atoms with van der Waals surface area (Å²) in [6, 6.07) is 3.47. The number of aldehydes is 1. The zero-order valence-electron chi connectivity index (χ0n) is 8.54. The Morgan fingerprint density at radius 2 is 2.20 bits per heavy atom. The van der Waals surface area contributed by atoms with Crippen molar-refractivity contribution in [3.8, 4) is 0 Å². The predicted octanol–water partition coefficient (Wildman–Crippen LogP) is 2.29. The SMILES string of the molecule is COC(=O)Cc1c(Br)ccc(C=O)c1C. The molecule has 3 nitrogen and oxygen atoms in total. The van der Waals surface area contributed by atoms with E-state index in [0.717, 1.165) is 21.9 Å². The molecule has 0 aliphatic heterocycles. The summed E-state index contributed by atoms with van der Waals surface area (Å²) in [6.45, 7) is 1.81. The summed E-state index contributed by atoms with van der Waals surface area (Å²) in [5.74, 6) is -0.318. The quantitative estimate of drug-likeness (QED) is 0.625. The highest BCUT2D eigenvalue weighted by Crippen LogP contribution is 2.23. The molecule has 0 amide bonds. The molecule has 1 aromatic carbocycles. The third-order valence-electron chi connectivity index (χ3n) is 2.26. The van der Waals surface area contributed by atoms with Crippen LogP contribution in [0.25, 0.3) is 0 Å². The Morgan fingerprint density at radius 3 is 2.73 bits per heavy atom. The molecule has 15 heavy (non-hydrogen) atoms. The summed E-state index contributed by atoms with van der Waals surface area (Å²) >= 11 is 3.34. The minimum absolute atomic E-state index is 0.171. The third kappa shape index (κ3) is 2.65. The van der Waals surface area contributed by atoms with Gasteiger partial charge < -0.3 is 4.74 Å². The summed E-state index contributed by atoms with van der Waals surface area (Å²) in [5.41, 5.74) is 2.20. The van der Waals surface area contributed by atoms with Gasteiger partial charge in [-0.3, -0.25) is 9.59 Å². The second kappa shape index (κ2) is 5.07. The second-order valence-electron chi connectivity index (χ2n) is 3.11. The molecule has 0 unspecified atom stereocenters. The summed E-state index contributed by atoms with van der Waals surface area (Å²) < 4.78 is 5.41. The van der Waals surface area contributed by atoms with Gasteiger partial charge in [0, 0.05) is 10.0 Å². The lowest BCUT2D eigenvalue weighted by Crippen LogP contribution is -2.07. The van der Waals surface area contributed by atoms with E-state index in [1.54, 1.807) is 12.1 Å². The van der Waals surface area contributed by atoms with Gasteiger partial charge in [-0.25, -0.2) is 0 Å². The van der Waals surface area contributed by atoms with E-state index >= 15 is 0 Å². The lowest BCUT2D eigenvalue weighted by atomic mass is 10.0. The summed E-state index contributed by atoms with van der Waals surface area (Å²) in [4.78, 5) is 21.9. The molecule has 4 heteroatoms. The van der Waals surface area contributed by atoms with E-state index in [1.807, 2.05) is 6.92 Å². The molecular formula is C11H11BrO3. The van der Waals surface area contributed by atoms with Crippen molar-refractivity contribution in [3.63, 3.8) is 0 Å². The molecule has 0 atom stereocenters. The molecule has 0 heterocycles. The van der Waals surface area contributed by atoms with Crippen LogP contribution in [0.2, 0.25) is 0 Å². The Kier molecular flexibility index (Phi) is 4.03. The van der Waals surface area contributed by atoms with E-state index in [-0.39, 0.29) is 12.4 Å². The Balaban J connectivity index is 3.15. The van der Waals surface area contributed by atoms with Crippen molar-refractivity contribution in [2.75, 3.05) is 7.11 Å². The van der Waals surface area contributed by atoms with Crippen molar-refractivity contribution in [1.29, 1.82) is 0 Å². The van der Waals surface area contributed by atoms with Crippen LogP contribution in [0, 0.1) is 6.92 Å². The van der Waals surface area contributed by atoms with Crippen molar-refractivity contribution in [1.82, 2.24) is 0 Å². The van der Waals surface area contributed by atoms with Crippen molar-refractivity contribution in [2.45, 2.75) is 13.3 Å². The number of ether oxygens (including phenoxy) is 1. The van der Waals surface area contributed by atoms with Gasteiger partial charge in [0.25, 0.3) is 0 Å². The van der Waals surface area contributed by atoms with Crippen molar-refractivity contribution in [3.05, 3.63) is 33.3 Å². The molecule has 0 N–H and O–H groups in total. The predicted molar refractivity (Wildman–Crippen MR) is 60.0 cm³/mol. The summed E-state index contributed by atoms with van der Waals surface area (Å²) in [7, 11) is 1.34. The molecule has 1 rings (SSSR count). The average Bonchev–Trinajstić information content (AvgIpc) is 2.24. The smallest absolute Gasteiger partial charge is 0.310 e. The molecule has 0 fully saturated rings. The minimum Gasteiger partial charge on any atom is -0.469 e. The fourth-order valence-electron chi connectivity index (χ4n) is 1.30. The highest BCUT2D eigenvalue weighted by Gasteiger charge is 2.12. The zero-order chi connectivity index (χ0) is 11.4. The monoisotopic (exact) mass is 270 g/mol. The lowest BCUT2D eigenvalue weighted by Gasteiger charge is -2.09. The third-order valence-corrected chi connectivity index (χ3v) is 3.00. The normalized spacial score (nSPS) is 9.80. The Morgan fingerprint density at radius 1 is 1.53 bits per heavy atom. The van der Waals surface area contributed by atoms with Crippen LogP contribution in [0.3, 0.4) is 0 Å². The summed E-state index contributed by atoms with van der Waals surface area (Å²) in [5, 5.41) is 0. The number of esters is 1. The van der Waals surface area contributed by atoms with E-state index in [2.05, 4.69) is 20.7 Å². The van der Waals surface area contributed by atoms with E-state index < -0.39 is 0 Å². The number of hydrogen-bond acceptors (Lipinski definition) is 3. The molecular weight excluding hydrogens is 260 g/mol. The molecule has 0 radical (unpaired) electrons. The topological polar surface area (TPSA) is 43.4 Å². The van der Waals surface area contributed by atoms with Crippen molar-refractivity contribution in [2.24, 2.45) is 0 Å². The van der Waals surface area contributed by atoms with Gasteiger partial charge in [-0.05, 0) is 24.1 Å². The first kappa shape index (κ1) is 11.9. The number of rotatable bonds is 3. The highest BCUT2D eigenvalue weighted by atomic mass is 79.9. The van der Waals surface area contributed by atoms with Gasteiger partial charge in [-0.2, -0.15) is 0 Å². The van der Waals surface area contributed by atoms with Crippen LogP contribution < -0.4 is 0 Å². The maximum Gasteiger partial charge on any atom is 0.310 e. The van der Waals surface area contributed by atoms with Crippen LogP contribution in [0.1, 0.15) is 21.5 Å². The molecule has 0 aliphatic carbocycles. The molecule has 0 spiro atoms. The first-order chi connectivity index (χ1) is 7.10.